The van der Waals surface area contributed by atoms with Crippen LogP contribution in [0, 0.1) is 6.92 Å². The number of halogens is 1. The predicted molar refractivity (Wildman–Crippen MR) is 30.6 cm³/mol. The van der Waals surface area contributed by atoms with Gasteiger partial charge in [-0.2, -0.15) is 0 Å². The van der Waals surface area contributed by atoms with Crippen molar-refractivity contribution in [2.24, 2.45) is 0 Å². The van der Waals surface area contributed by atoms with E-state index in [0.717, 1.165) is 0 Å². The fraction of sp³-hybridized carbons (Fsp3) is 0.400. The van der Waals surface area contributed by atoms with Crippen LogP contribution in [0.3, 0.4) is 0 Å². The third kappa shape index (κ3) is 20.8. The first-order chi connectivity index (χ1) is 3.27. The van der Waals surface area contributed by atoms with E-state index in [1.54, 1.807) is 0 Å². The van der Waals surface area contributed by atoms with E-state index in [1.807, 2.05) is 19.9 Å². The average molecular weight is 211 g/mol. The molecular formula is C5H9ClPd. The molecule has 0 aromatic heterocycles. The van der Waals surface area contributed by atoms with Crippen LogP contribution in [0.15, 0.2) is 11.6 Å². The van der Waals surface area contributed by atoms with Crippen molar-refractivity contribution in [1.82, 2.24) is 0 Å². The molecule has 0 rings (SSSR count). The van der Waals surface area contributed by atoms with Gasteiger partial charge in [0.2, 0.25) is 0 Å². The van der Waals surface area contributed by atoms with Crippen LogP contribution in [-0.2, 0) is 18.2 Å². The van der Waals surface area contributed by atoms with E-state index < -0.39 is 0 Å². The molecule has 0 saturated carbocycles. The van der Waals surface area contributed by atoms with Gasteiger partial charge >= 0.3 is 27.7 Å². The molecule has 0 radical (unpaired) electrons. The molecule has 0 nitrogen and oxygen atoms in total. The summed E-state index contributed by atoms with van der Waals surface area (Å²) in [4.78, 5) is 0. The van der Waals surface area contributed by atoms with Crippen molar-refractivity contribution in [3.8, 4) is 0 Å². The van der Waals surface area contributed by atoms with Gasteiger partial charge in [-0.15, -0.1) is 13.8 Å². The number of hydrogen-bond donors (Lipinski definition) is 0. The second-order valence-corrected chi connectivity index (χ2v) is 1.28. The summed E-state index contributed by atoms with van der Waals surface area (Å²) in [5, 5.41) is 0. The summed E-state index contributed by atoms with van der Waals surface area (Å²) in [5.41, 5.74) is 1.27. The summed E-state index contributed by atoms with van der Waals surface area (Å²) in [6.07, 6.45) is 1.83. The third-order valence-corrected chi connectivity index (χ3v) is 0.408. The Labute approximate surface area is 60.3 Å². The molecule has 0 aromatic rings. The molecule has 0 aromatic carbocycles. The molecule has 0 spiro atoms. The van der Waals surface area contributed by atoms with Crippen LogP contribution >= 0.6 is 9.53 Å². The zero-order chi connectivity index (χ0) is 6.28. The van der Waals surface area contributed by atoms with Crippen molar-refractivity contribution in [3.05, 3.63) is 18.6 Å². The van der Waals surface area contributed by atoms with Gasteiger partial charge in [0.05, 0.1) is 0 Å². The molecule has 0 saturated heterocycles. The quantitative estimate of drug-likeness (QED) is 0.426. The van der Waals surface area contributed by atoms with Gasteiger partial charge in [0.15, 0.2) is 0 Å². The Kier molecular flexibility index (Phi) is 14.7. The second kappa shape index (κ2) is 9.75. The monoisotopic (exact) mass is 210 g/mol. The van der Waals surface area contributed by atoms with E-state index in [1.165, 1.54) is 5.57 Å². The molecule has 46 valence electrons. The standard InChI is InChI=1S/C5H9.ClH.Pd/c1-4-5(2)3;;/h4H,1H2,2-3H3;1H;/q-1;;+2/p-1. The molecule has 0 aliphatic carbocycles. The number of rotatable bonds is 0. The minimum absolute atomic E-state index is 1.27. The Bertz CT molecular complexity index is 46.0. The van der Waals surface area contributed by atoms with Crippen molar-refractivity contribution in [2.45, 2.75) is 13.8 Å². The van der Waals surface area contributed by atoms with E-state index in [-0.39, 0.29) is 0 Å². The zero-order valence-corrected chi connectivity index (χ0v) is 6.79. The van der Waals surface area contributed by atoms with Gasteiger partial charge in [0.1, 0.15) is 0 Å². The third-order valence-electron chi connectivity index (χ3n) is 0.408. The molecule has 0 aliphatic rings. The molecule has 0 bridgehead atoms. The summed E-state index contributed by atoms with van der Waals surface area (Å²) in [7, 11) is 4.49. The Morgan fingerprint density at radius 1 is 1.57 bits per heavy atom. The molecule has 0 atom stereocenters. The molecular weight excluding hydrogens is 202 g/mol. The summed E-state index contributed by atoms with van der Waals surface area (Å²) in [6, 6.07) is 0. The second-order valence-electron chi connectivity index (χ2n) is 1.28. The van der Waals surface area contributed by atoms with Crippen molar-refractivity contribution < 1.29 is 18.2 Å². The first-order valence-electron chi connectivity index (χ1n) is 1.82. The van der Waals surface area contributed by atoms with Gasteiger partial charge in [-0.1, -0.05) is 0 Å². The van der Waals surface area contributed by atoms with Gasteiger partial charge in [-0.05, 0) is 0 Å². The van der Waals surface area contributed by atoms with Crippen LogP contribution in [0.1, 0.15) is 13.8 Å². The molecule has 0 amide bonds. The molecule has 0 heterocycles. The topological polar surface area (TPSA) is 0 Å². The van der Waals surface area contributed by atoms with Crippen LogP contribution in [0.2, 0.25) is 0 Å². The van der Waals surface area contributed by atoms with Gasteiger partial charge in [-0.25, -0.2) is 18.6 Å². The summed E-state index contributed by atoms with van der Waals surface area (Å²) >= 11 is 2.22. The van der Waals surface area contributed by atoms with Crippen molar-refractivity contribution in [2.75, 3.05) is 0 Å². The SMILES string of the molecule is [CH2-]C=C(C)C.[Cl][Pd+]. The summed E-state index contributed by atoms with van der Waals surface area (Å²) < 4.78 is 0. The Morgan fingerprint density at radius 3 is 1.71 bits per heavy atom. The van der Waals surface area contributed by atoms with E-state index >= 15 is 0 Å². The van der Waals surface area contributed by atoms with Crippen LogP contribution in [0.5, 0.6) is 0 Å². The Balaban J connectivity index is 0. The van der Waals surface area contributed by atoms with Crippen molar-refractivity contribution in [3.63, 3.8) is 0 Å². The maximum atomic E-state index is 4.49. The Hall–Kier alpha value is 0.562. The fourth-order valence-corrected chi connectivity index (χ4v) is 0. The van der Waals surface area contributed by atoms with Crippen LogP contribution < -0.4 is 0 Å². The number of hydrogen-bond acceptors (Lipinski definition) is 0. The van der Waals surface area contributed by atoms with E-state index in [0.29, 0.717) is 0 Å². The van der Waals surface area contributed by atoms with E-state index in [4.69, 9.17) is 0 Å². The van der Waals surface area contributed by atoms with Crippen LogP contribution in [0.4, 0.5) is 0 Å². The van der Waals surface area contributed by atoms with Gasteiger partial charge < -0.3 is 0 Å². The van der Waals surface area contributed by atoms with Gasteiger partial charge in [0, 0.05) is 0 Å². The summed E-state index contributed by atoms with van der Waals surface area (Å²) in [6.45, 7) is 7.56. The van der Waals surface area contributed by atoms with Crippen molar-refractivity contribution in [1.29, 1.82) is 0 Å². The first kappa shape index (κ1) is 10.5. The molecule has 0 unspecified atom stereocenters. The average Bonchev–Trinajstić information content (AvgIpc) is 1.73. The fourth-order valence-electron chi connectivity index (χ4n) is 0. The summed E-state index contributed by atoms with van der Waals surface area (Å²) in [5.74, 6) is 0. The van der Waals surface area contributed by atoms with E-state index in [9.17, 15) is 0 Å². The van der Waals surface area contributed by atoms with E-state index in [2.05, 4.69) is 34.6 Å². The molecule has 0 N–H and O–H groups in total. The minimum atomic E-state index is 1.27. The van der Waals surface area contributed by atoms with Crippen molar-refractivity contribution >= 4 is 9.53 Å². The Morgan fingerprint density at radius 2 is 1.71 bits per heavy atom. The maximum absolute atomic E-state index is 4.49. The molecule has 0 fully saturated rings. The van der Waals surface area contributed by atoms with Gasteiger partial charge in [-0.3, -0.25) is 0 Å². The van der Waals surface area contributed by atoms with Crippen LogP contribution in [-0.4, -0.2) is 0 Å². The first-order valence-corrected chi connectivity index (χ1v) is 3.82. The van der Waals surface area contributed by atoms with Crippen LogP contribution in [0.25, 0.3) is 0 Å². The zero-order valence-electron chi connectivity index (χ0n) is 4.48. The molecule has 7 heavy (non-hydrogen) atoms. The molecule has 0 aliphatic heterocycles. The molecule has 2 heteroatoms. The normalized spacial score (nSPS) is 5.86. The predicted octanol–water partition coefficient (Wildman–Crippen LogP) is 2.47. The number of allylic oxidation sites excluding steroid dienone is 2. The van der Waals surface area contributed by atoms with Gasteiger partial charge in [0.25, 0.3) is 0 Å².